The topological polar surface area (TPSA) is 77.4 Å². The van der Waals surface area contributed by atoms with E-state index in [2.05, 4.69) is 112 Å². The number of rotatable bonds is 4. The molecule has 0 saturated carbocycles. The average molecular weight is 895 g/mol. The second kappa shape index (κ2) is 14.1. The van der Waals surface area contributed by atoms with E-state index in [9.17, 15) is 11.8 Å². The van der Waals surface area contributed by atoms with Crippen LogP contribution >= 0.6 is 0 Å². The van der Waals surface area contributed by atoms with Crippen molar-refractivity contribution in [1.82, 2.24) is 9.13 Å². The van der Waals surface area contributed by atoms with Gasteiger partial charge in [-0.15, -0.1) is 0 Å². The summed E-state index contributed by atoms with van der Waals surface area (Å²) in [6.07, 6.45) is 0. The lowest BCUT2D eigenvalue weighted by molar-refractivity contribution is 0.669. The highest BCUT2D eigenvalue weighted by molar-refractivity contribution is 6.28. The summed E-state index contributed by atoms with van der Waals surface area (Å²) >= 11 is 0. The molecule has 70 heavy (non-hydrogen) atoms. The van der Waals surface area contributed by atoms with Crippen molar-refractivity contribution < 1.29 is 13.3 Å². The maximum absolute atomic E-state index is 12.0. The molecule has 0 N–H and O–H groups in total. The highest BCUT2D eigenvalue weighted by Crippen LogP contribution is 2.54. The van der Waals surface area contributed by atoms with Gasteiger partial charge in [0.1, 0.15) is 22.8 Å². The number of aryl methyl sites for hydroxylation is 1. The fourth-order valence-electron chi connectivity index (χ4n) is 11.5. The Morgan fingerprint density at radius 1 is 0.429 bits per heavy atom. The molecule has 15 rings (SSSR count). The summed E-state index contributed by atoms with van der Waals surface area (Å²) in [4.78, 5) is 4.58. The lowest BCUT2D eigenvalue weighted by Gasteiger charge is -2.25. The zero-order valence-corrected chi connectivity index (χ0v) is 37.4. The Hall–Kier alpha value is -9.82. The molecule has 324 valence electrons. The SMILES string of the molecule is [C-]#[N+]c1c(-c2ccccc2)c(C#N)c(-n2c3ccc(C)cc3c3ccc4c5ccccc5oc4c32)c(-c2ccccc2)c1-n1c2c(ccc3c4ccccc4oc32)c2ccc3c4ccccc4oc3c21. The third-order valence-electron chi connectivity index (χ3n) is 14.4. The van der Waals surface area contributed by atoms with Crippen LogP contribution in [0.15, 0.2) is 201 Å². The van der Waals surface area contributed by atoms with E-state index in [0.29, 0.717) is 50.5 Å². The van der Waals surface area contributed by atoms with Crippen LogP contribution in [0.2, 0.25) is 0 Å². The second-order valence-electron chi connectivity index (χ2n) is 18.1. The lowest BCUT2D eigenvalue weighted by Crippen LogP contribution is -2.09. The van der Waals surface area contributed by atoms with E-state index in [1.807, 2.05) is 103 Å². The fourth-order valence-corrected chi connectivity index (χ4v) is 11.5. The van der Waals surface area contributed by atoms with Crippen molar-refractivity contribution in [2.24, 2.45) is 0 Å². The molecule has 0 atom stereocenters. The van der Waals surface area contributed by atoms with E-state index < -0.39 is 0 Å². The molecule has 0 bridgehead atoms. The van der Waals surface area contributed by atoms with Gasteiger partial charge in [0.15, 0.2) is 16.7 Å². The zero-order valence-electron chi connectivity index (χ0n) is 37.4. The summed E-state index contributed by atoms with van der Waals surface area (Å²) in [5.74, 6) is 0. The molecule has 5 aromatic heterocycles. The Balaban J connectivity index is 1.27. The predicted molar refractivity (Wildman–Crippen MR) is 284 cm³/mol. The first kappa shape index (κ1) is 38.3. The molecule has 0 aliphatic rings. The van der Waals surface area contributed by atoms with E-state index in [1.165, 1.54) is 0 Å². The number of hydrogen-bond donors (Lipinski definition) is 0. The van der Waals surface area contributed by atoms with Gasteiger partial charge in [-0.1, -0.05) is 145 Å². The van der Waals surface area contributed by atoms with Crippen molar-refractivity contribution in [3.63, 3.8) is 0 Å². The number of hydrogen-bond acceptors (Lipinski definition) is 4. The van der Waals surface area contributed by atoms with Gasteiger partial charge < -0.3 is 22.4 Å². The van der Waals surface area contributed by atoms with Crippen molar-refractivity contribution in [2.75, 3.05) is 0 Å². The number of nitriles is 1. The first-order valence-corrected chi connectivity index (χ1v) is 23.3. The predicted octanol–water partition coefficient (Wildman–Crippen LogP) is 17.6. The minimum absolute atomic E-state index is 0.316. The van der Waals surface area contributed by atoms with E-state index in [1.54, 1.807) is 0 Å². The molecular weight excluding hydrogens is 861 g/mol. The van der Waals surface area contributed by atoms with Crippen LogP contribution in [0.1, 0.15) is 11.1 Å². The van der Waals surface area contributed by atoms with Crippen molar-refractivity contribution >= 4 is 115 Å². The largest absolute Gasteiger partial charge is 0.454 e. The normalized spacial score (nSPS) is 12.0. The van der Waals surface area contributed by atoms with E-state index in [4.69, 9.17) is 13.3 Å². The van der Waals surface area contributed by atoms with Gasteiger partial charge in [0.05, 0.1) is 45.6 Å². The molecule has 0 aliphatic carbocycles. The molecule has 15 aromatic rings. The molecule has 10 aromatic carbocycles. The molecule has 0 unspecified atom stereocenters. The standard InChI is InChI=1S/C63H34N4O3/c1-35-25-32-49-47(33-35)43-28-31-44-38-19-9-12-22-50(38)68-61(44)57(43)66(49)56-48(34-64)53(36-15-5-3-6-16-36)55(65-2)60(54(56)37-17-7-4-8-18-37)67-58-41(26-29-45-39-20-10-13-23-51(39)69-62(45)58)42-27-30-46-40-21-11-14-24-52(40)70-63(46)59(42)67/h3-33H,1H3. The highest BCUT2D eigenvalue weighted by Gasteiger charge is 2.34. The first-order valence-electron chi connectivity index (χ1n) is 23.3. The first-order chi connectivity index (χ1) is 34.6. The van der Waals surface area contributed by atoms with E-state index in [-0.39, 0.29) is 0 Å². The Kier molecular flexibility index (Phi) is 7.72. The molecule has 0 radical (unpaired) electrons. The van der Waals surface area contributed by atoms with Crippen LogP contribution in [0.3, 0.4) is 0 Å². The molecule has 7 heteroatoms. The molecule has 5 heterocycles. The quantitative estimate of drug-likeness (QED) is 0.165. The number of furan rings is 3. The van der Waals surface area contributed by atoms with Crippen LogP contribution in [-0.2, 0) is 0 Å². The number of para-hydroxylation sites is 3. The van der Waals surface area contributed by atoms with Gasteiger partial charge in [-0.2, -0.15) is 5.26 Å². The van der Waals surface area contributed by atoms with Crippen LogP contribution in [-0.4, -0.2) is 9.13 Å². The summed E-state index contributed by atoms with van der Waals surface area (Å²) in [7, 11) is 0. The Bertz CT molecular complexity index is 4730. The van der Waals surface area contributed by atoms with Gasteiger partial charge in [-0.3, -0.25) is 0 Å². The minimum atomic E-state index is 0.316. The number of benzene rings is 10. The summed E-state index contributed by atoms with van der Waals surface area (Å²) < 4.78 is 25.4. The third kappa shape index (κ3) is 4.99. The van der Waals surface area contributed by atoms with Crippen molar-refractivity contribution in [3.8, 4) is 39.7 Å². The number of aromatic nitrogens is 2. The van der Waals surface area contributed by atoms with Gasteiger partial charge >= 0.3 is 0 Å². The zero-order chi connectivity index (χ0) is 46.4. The molecular formula is C63H34N4O3. The van der Waals surface area contributed by atoms with E-state index >= 15 is 0 Å². The Morgan fingerprint density at radius 3 is 1.34 bits per heavy atom. The monoisotopic (exact) mass is 894 g/mol. The van der Waals surface area contributed by atoms with Gasteiger partial charge in [-0.05, 0) is 66.6 Å². The maximum Gasteiger partial charge on any atom is 0.220 e. The highest BCUT2D eigenvalue weighted by atomic mass is 16.3. The number of fused-ring (bicyclic) bond motifs is 18. The summed E-state index contributed by atoms with van der Waals surface area (Å²) in [6.45, 7) is 11.6. The molecule has 7 nitrogen and oxygen atoms in total. The molecule has 0 amide bonds. The molecule has 0 aliphatic heterocycles. The van der Waals surface area contributed by atoms with E-state index in [0.717, 1.165) is 109 Å². The fraction of sp³-hybridized carbons (Fsp3) is 0.0159. The van der Waals surface area contributed by atoms with Gasteiger partial charge in [0, 0.05) is 65.0 Å². The lowest BCUT2D eigenvalue weighted by atomic mass is 9.88. The summed E-state index contributed by atoms with van der Waals surface area (Å²) in [5, 5.41) is 21.7. The third-order valence-corrected chi connectivity index (χ3v) is 14.4. The second-order valence-corrected chi connectivity index (χ2v) is 18.1. The van der Waals surface area contributed by atoms with Crippen molar-refractivity contribution in [1.29, 1.82) is 5.26 Å². The smallest absolute Gasteiger partial charge is 0.220 e. The van der Waals surface area contributed by atoms with Crippen LogP contribution in [0.4, 0.5) is 5.69 Å². The summed E-state index contributed by atoms with van der Waals surface area (Å²) in [5.41, 5.74) is 13.4. The average Bonchev–Trinajstić information content (AvgIpc) is 4.23. The molecule has 0 saturated heterocycles. The molecule has 0 spiro atoms. The van der Waals surface area contributed by atoms with Crippen LogP contribution in [0.5, 0.6) is 0 Å². The van der Waals surface area contributed by atoms with Crippen LogP contribution < -0.4 is 0 Å². The minimum Gasteiger partial charge on any atom is -0.454 e. The maximum atomic E-state index is 12.0. The Labute approximate surface area is 398 Å². The van der Waals surface area contributed by atoms with Crippen molar-refractivity contribution in [2.45, 2.75) is 6.92 Å². The van der Waals surface area contributed by atoms with Gasteiger partial charge in [0.2, 0.25) is 5.69 Å². The molecule has 0 fully saturated rings. The van der Waals surface area contributed by atoms with Crippen LogP contribution in [0, 0.1) is 24.8 Å². The number of nitrogens with zero attached hydrogens (tertiary/aromatic N) is 4. The summed E-state index contributed by atoms with van der Waals surface area (Å²) in [6, 6.07) is 66.6. The van der Waals surface area contributed by atoms with Crippen molar-refractivity contribution in [3.05, 3.63) is 211 Å². The van der Waals surface area contributed by atoms with Crippen LogP contribution in [0.25, 0.3) is 148 Å². The Morgan fingerprint density at radius 2 is 0.857 bits per heavy atom. The van der Waals surface area contributed by atoms with Gasteiger partial charge in [0.25, 0.3) is 0 Å². The van der Waals surface area contributed by atoms with Gasteiger partial charge in [-0.25, -0.2) is 4.85 Å².